The van der Waals surface area contributed by atoms with Gasteiger partial charge in [0.1, 0.15) is 0 Å². The van der Waals surface area contributed by atoms with Crippen LogP contribution in [-0.2, 0) is 18.0 Å². The number of alkyl halides is 3. The summed E-state index contributed by atoms with van der Waals surface area (Å²) in [5, 5.41) is 10.0. The average molecular weight is 417 g/mol. The van der Waals surface area contributed by atoms with Gasteiger partial charge in [0.25, 0.3) is 0 Å². The molecule has 0 aromatic heterocycles. The molecule has 0 amide bonds. The van der Waals surface area contributed by atoms with Crippen LogP contribution in [0.15, 0.2) is 54.6 Å². The van der Waals surface area contributed by atoms with E-state index in [0.29, 0.717) is 12.8 Å². The van der Waals surface area contributed by atoms with E-state index in [4.69, 9.17) is 0 Å². The van der Waals surface area contributed by atoms with Gasteiger partial charge in [0.2, 0.25) is 0 Å². The van der Waals surface area contributed by atoms with Crippen LogP contribution in [0.4, 0.5) is 13.2 Å². The molecule has 2 aromatic rings. The van der Waals surface area contributed by atoms with Crippen molar-refractivity contribution in [2.75, 3.05) is 19.6 Å². The van der Waals surface area contributed by atoms with Crippen molar-refractivity contribution in [1.82, 2.24) is 4.90 Å². The third-order valence-corrected chi connectivity index (χ3v) is 5.95. The predicted octanol–water partition coefficient (Wildman–Crippen LogP) is 6.47. The van der Waals surface area contributed by atoms with Crippen molar-refractivity contribution in [3.8, 4) is 6.07 Å². The molecule has 0 N–H and O–H groups in total. The lowest BCUT2D eigenvalue weighted by atomic mass is 9.68. The minimum Gasteiger partial charge on any atom is -0.303 e. The van der Waals surface area contributed by atoms with Crippen LogP contribution in [-0.4, -0.2) is 24.5 Å². The minimum atomic E-state index is -4.47. The predicted molar refractivity (Wildman–Crippen MR) is 115 cm³/mol. The number of hydrogen-bond donors (Lipinski definition) is 0. The Morgan fingerprint density at radius 1 is 0.933 bits per heavy atom. The number of hydrogen-bond acceptors (Lipinski definition) is 2. The minimum absolute atomic E-state index is 0.0994. The van der Waals surface area contributed by atoms with Crippen LogP contribution in [0.25, 0.3) is 0 Å². The molecule has 2 rings (SSSR count). The Labute approximate surface area is 178 Å². The Morgan fingerprint density at radius 3 is 2.07 bits per heavy atom. The number of likely N-dealkylation sites (N-methyl/N-ethyl adjacent to an activating group) is 1. The molecule has 0 heterocycles. The van der Waals surface area contributed by atoms with Gasteiger partial charge in [-0.1, -0.05) is 69.3 Å². The molecule has 0 saturated heterocycles. The lowest BCUT2D eigenvalue weighted by Crippen LogP contribution is -2.35. The Balaban J connectivity index is 2.13. The summed E-state index contributed by atoms with van der Waals surface area (Å²) in [5.74, 6) is -0.231. The molecular formula is C25H31F3N2. The number of nitrogens with zero attached hydrogens (tertiary/aromatic N) is 2. The molecule has 1 unspecified atom stereocenters. The van der Waals surface area contributed by atoms with Crippen LogP contribution in [0.1, 0.15) is 50.3 Å². The van der Waals surface area contributed by atoms with Gasteiger partial charge in [0.15, 0.2) is 0 Å². The number of halogens is 3. The summed E-state index contributed by atoms with van der Waals surface area (Å²) in [6, 6.07) is 18.0. The zero-order chi connectivity index (χ0) is 22.2. The first kappa shape index (κ1) is 24.0. The van der Waals surface area contributed by atoms with Crippen molar-refractivity contribution < 1.29 is 13.2 Å². The standard InChI is InChI=1S/C25H31F3N2/c1-4-30(18-15-21-11-6-5-7-12-21)17-10-16-24(19-29,20(2)3)22-13-8-9-14-23(22)25(26,27)28/h5-9,11-14,20H,4,10,15-18H2,1-3H3. The quantitative estimate of drug-likeness (QED) is 0.444. The lowest BCUT2D eigenvalue weighted by molar-refractivity contribution is -0.138. The third-order valence-electron chi connectivity index (χ3n) is 5.95. The van der Waals surface area contributed by atoms with Crippen molar-refractivity contribution in [3.05, 3.63) is 71.3 Å². The Hall–Kier alpha value is -2.32. The van der Waals surface area contributed by atoms with E-state index in [-0.39, 0.29) is 11.5 Å². The fourth-order valence-electron chi connectivity index (χ4n) is 4.04. The number of nitriles is 1. The maximum Gasteiger partial charge on any atom is 0.416 e. The van der Waals surface area contributed by atoms with Crippen LogP contribution in [0.2, 0.25) is 0 Å². The fraction of sp³-hybridized carbons (Fsp3) is 0.480. The Kier molecular flexibility index (Phi) is 8.49. The van der Waals surface area contributed by atoms with Crippen molar-refractivity contribution in [2.24, 2.45) is 5.92 Å². The highest BCUT2D eigenvalue weighted by Gasteiger charge is 2.43. The van der Waals surface area contributed by atoms with Crippen molar-refractivity contribution in [2.45, 2.75) is 51.6 Å². The van der Waals surface area contributed by atoms with Gasteiger partial charge in [-0.25, -0.2) is 0 Å². The van der Waals surface area contributed by atoms with Gasteiger partial charge in [0, 0.05) is 6.54 Å². The highest BCUT2D eigenvalue weighted by Crippen LogP contribution is 2.43. The molecule has 0 aliphatic heterocycles. The first-order valence-electron chi connectivity index (χ1n) is 10.6. The van der Waals surface area contributed by atoms with Gasteiger partial charge in [-0.3, -0.25) is 0 Å². The SMILES string of the molecule is CCN(CCCC(C#N)(c1ccccc1C(F)(F)F)C(C)C)CCc1ccccc1. The summed E-state index contributed by atoms with van der Waals surface area (Å²) in [4.78, 5) is 2.30. The zero-order valence-electron chi connectivity index (χ0n) is 18.0. The van der Waals surface area contributed by atoms with Gasteiger partial charge < -0.3 is 4.90 Å². The molecule has 0 aliphatic carbocycles. The van der Waals surface area contributed by atoms with Crippen LogP contribution in [0.5, 0.6) is 0 Å². The van der Waals surface area contributed by atoms with Crippen molar-refractivity contribution >= 4 is 0 Å². The molecule has 2 nitrogen and oxygen atoms in total. The molecule has 0 spiro atoms. The summed E-state index contributed by atoms with van der Waals surface area (Å²) in [7, 11) is 0. The van der Waals surface area contributed by atoms with E-state index < -0.39 is 17.2 Å². The Morgan fingerprint density at radius 2 is 1.53 bits per heavy atom. The smallest absolute Gasteiger partial charge is 0.303 e. The van der Waals surface area contributed by atoms with Gasteiger partial charge in [-0.15, -0.1) is 0 Å². The van der Waals surface area contributed by atoms with Crippen LogP contribution in [0.3, 0.4) is 0 Å². The van der Waals surface area contributed by atoms with E-state index >= 15 is 0 Å². The normalized spacial score (nSPS) is 14.0. The second-order valence-electron chi connectivity index (χ2n) is 8.05. The zero-order valence-corrected chi connectivity index (χ0v) is 18.0. The highest BCUT2D eigenvalue weighted by molar-refractivity contribution is 5.41. The molecule has 30 heavy (non-hydrogen) atoms. The molecule has 5 heteroatoms. The maximum atomic E-state index is 13.6. The summed E-state index contributed by atoms with van der Waals surface area (Å²) in [6.45, 7) is 8.28. The molecule has 162 valence electrons. The monoisotopic (exact) mass is 416 g/mol. The van der Waals surface area contributed by atoms with Crippen LogP contribution in [0, 0.1) is 17.2 Å². The largest absolute Gasteiger partial charge is 0.416 e. The third kappa shape index (κ3) is 5.86. The Bertz CT molecular complexity index is 824. The van der Waals surface area contributed by atoms with Crippen molar-refractivity contribution in [3.63, 3.8) is 0 Å². The molecule has 0 radical (unpaired) electrons. The second kappa shape index (κ2) is 10.6. The van der Waals surface area contributed by atoms with E-state index in [2.05, 4.69) is 30.0 Å². The molecule has 0 bridgehead atoms. The van der Waals surface area contributed by atoms with Gasteiger partial charge in [-0.05, 0) is 55.5 Å². The summed E-state index contributed by atoms with van der Waals surface area (Å²) in [5.41, 5.74) is -0.493. The summed E-state index contributed by atoms with van der Waals surface area (Å²) >= 11 is 0. The topological polar surface area (TPSA) is 27.0 Å². The van der Waals surface area contributed by atoms with Gasteiger partial charge >= 0.3 is 6.18 Å². The molecule has 0 saturated carbocycles. The molecule has 2 aromatic carbocycles. The molecule has 1 atom stereocenters. The fourth-order valence-corrected chi connectivity index (χ4v) is 4.04. The summed E-state index contributed by atoms with van der Waals surface area (Å²) in [6.07, 6.45) is -2.48. The van der Waals surface area contributed by atoms with E-state index in [9.17, 15) is 18.4 Å². The van der Waals surface area contributed by atoms with Crippen LogP contribution >= 0.6 is 0 Å². The molecule has 0 fully saturated rings. The highest BCUT2D eigenvalue weighted by atomic mass is 19.4. The van der Waals surface area contributed by atoms with E-state index in [1.54, 1.807) is 6.07 Å². The first-order valence-corrected chi connectivity index (χ1v) is 10.6. The van der Waals surface area contributed by atoms with E-state index in [0.717, 1.165) is 32.1 Å². The molecular weight excluding hydrogens is 385 g/mol. The lowest BCUT2D eigenvalue weighted by Gasteiger charge is -2.34. The number of rotatable bonds is 10. The van der Waals surface area contributed by atoms with Gasteiger partial charge in [0.05, 0.1) is 17.0 Å². The molecule has 0 aliphatic rings. The second-order valence-corrected chi connectivity index (χ2v) is 8.05. The van der Waals surface area contributed by atoms with Crippen LogP contribution < -0.4 is 0 Å². The maximum absolute atomic E-state index is 13.6. The summed E-state index contributed by atoms with van der Waals surface area (Å²) < 4.78 is 40.9. The van der Waals surface area contributed by atoms with Gasteiger partial charge in [-0.2, -0.15) is 18.4 Å². The first-order chi connectivity index (χ1) is 14.2. The van der Waals surface area contributed by atoms with E-state index in [1.807, 2.05) is 32.0 Å². The number of benzene rings is 2. The van der Waals surface area contributed by atoms with E-state index in [1.165, 1.54) is 17.7 Å². The average Bonchev–Trinajstić information content (AvgIpc) is 2.73. The van der Waals surface area contributed by atoms with Crippen molar-refractivity contribution in [1.29, 1.82) is 5.26 Å².